The average Bonchev–Trinajstić information content (AvgIpc) is 2.79. The summed E-state index contributed by atoms with van der Waals surface area (Å²) in [6, 6.07) is 34.1. The molecule has 0 N–H and O–H groups in total. The highest BCUT2D eigenvalue weighted by molar-refractivity contribution is 5.91. The third-order valence-corrected chi connectivity index (χ3v) is 5.41. The molecular weight excluding hydrogens is 374 g/mol. The minimum absolute atomic E-state index is 0.230. The van der Waals surface area contributed by atoms with Crippen molar-refractivity contribution in [1.29, 1.82) is 0 Å². The fourth-order valence-electron chi connectivity index (χ4n) is 3.75. The van der Waals surface area contributed by atoms with Gasteiger partial charge >= 0.3 is 0 Å². The summed E-state index contributed by atoms with van der Waals surface area (Å²) >= 11 is 0. The van der Waals surface area contributed by atoms with Gasteiger partial charge in [-0.3, -0.25) is 0 Å². The van der Waals surface area contributed by atoms with Crippen LogP contribution in [0, 0.1) is 11.6 Å². The minimum Gasteiger partial charge on any atom is -0.207 e. The molecule has 0 spiro atoms. The molecule has 0 aliphatic rings. The Morgan fingerprint density at radius 1 is 0.300 bits per heavy atom. The highest BCUT2D eigenvalue weighted by Crippen LogP contribution is 2.30. The molecule has 0 heterocycles. The molecule has 30 heavy (non-hydrogen) atoms. The summed E-state index contributed by atoms with van der Waals surface area (Å²) in [4.78, 5) is 0. The third kappa shape index (κ3) is 3.60. The zero-order valence-electron chi connectivity index (χ0n) is 16.1. The van der Waals surface area contributed by atoms with E-state index in [9.17, 15) is 8.78 Å². The van der Waals surface area contributed by atoms with Gasteiger partial charge in [-0.1, -0.05) is 72.8 Å². The molecule has 0 aliphatic heterocycles. The van der Waals surface area contributed by atoms with Crippen LogP contribution in [0.5, 0.6) is 0 Å². The van der Waals surface area contributed by atoms with E-state index < -0.39 is 0 Å². The van der Waals surface area contributed by atoms with Gasteiger partial charge in [-0.25, -0.2) is 8.78 Å². The van der Waals surface area contributed by atoms with E-state index in [2.05, 4.69) is 60.7 Å². The Bertz CT molecular complexity index is 1320. The summed E-state index contributed by atoms with van der Waals surface area (Å²) < 4.78 is 26.4. The maximum Gasteiger partial charge on any atom is 0.123 e. The Balaban J connectivity index is 1.49. The Labute approximate surface area is 174 Å². The molecule has 0 aliphatic carbocycles. The maximum atomic E-state index is 13.2. The standard InChI is InChI=1S/C28H18F2/c29-27-13-9-20(10-14-27)19-1-3-21(4-2-19)24-7-5-23-6-8-25(18-26(23)17-24)22-11-15-28(30)16-12-22/h1-18H. The van der Waals surface area contributed by atoms with Crippen molar-refractivity contribution in [3.05, 3.63) is 121 Å². The highest BCUT2D eigenvalue weighted by atomic mass is 19.1. The first-order chi connectivity index (χ1) is 14.7. The van der Waals surface area contributed by atoms with Crippen LogP contribution in [-0.2, 0) is 0 Å². The molecule has 2 heteroatoms. The SMILES string of the molecule is Fc1ccc(-c2ccc(-c3ccc4ccc(-c5ccc(F)cc5)cc4c3)cc2)cc1. The van der Waals surface area contributed by atoms with Crippen LogP contribution < -0.4 is 0 Å². The van der Waals surface area contributed by atoms with Crippen LogP contribution in [0.25, 0.3) is 44.2 Å². The van der Waals surface area contributed by atoms with E-state index in [0.29, 0.717) is 0 Å². The Morgan fingerprint density at radius 3 is 1.00 bits per heavy atom. The molecule has 0 radical (unpaired) electrons. The first-order valence-corrected chi connectivity index (χ1v) is 9.82. The van der Waals surface area contributed by atoms with Crippen LogP contribution in [0.3, 0.4) is 0 Å². The lowest BCUT2D eigenvalue weighted by atomic mass is 9.96. The van der Waals surface area contributed by atoms with Crippen molar-refractivity contribution >= 4 is 10.8 Å². The van der Waals surface area contributed by atoms with Crippen molar-refractivity contribution in [2.45, 2.75) is 0 Å². The number of benzene rings is 5. The molecule has 144 valence electrons. The van der Waals surface area contributed by atoms with Gasteiger partial charge in [0, 0.05) is 0 Å². The van der Waals surface area contributed by atoms with Crippen molar-refractivity contribution in [3.63, 3.8) is 0 Å². The van der Waals surface area contributed by atoms with Gasteiger partial charge in [-0.2, -0.15) is 0 Å². The first kappa shape index (κ1) is 18.3. The Kier molecular flexibility index (Phi) is 4.61. The van der Waals surface area contributed by atoms with E-state index in [4.69, 9.17) is 0 Å². The quantitative estimate of drug-likeness (QED) is 0.291. The molecule has 5 aromatic rings. The second-order valence-electron chi connectivity index (χ2n) is 7.37. The zero-order valence-corrected chi connectivity index (χ0v) is 16.1. The van der Waals surface area contributed by atoms with Gasteiger partial charge in [-0.05, 0) is 80.6 Å². The van der Waals surface area contributed by atoms with E-state index in [1.807, 2.05) is 0 Å². The lowest BCUT2D eigenvalue weighted by molar-refractivity contribution is 0.627. The lowest BCUT2D eigenvalue weighted by Gasteiger charge is -2.08. The van der Waals surface area contributed by atoms with Gasteiger partial charge in [0.15, 0.2) is 0 Å². The number of rotatable bonds is 3. The number of halogens is 2. The molecule has 5 aromatic carbocycles. The summed E-state index contributed by atoms with van der Waals surface area (Å²) in [6.45, 7) is 0. The Hall–Kier alpha value is -3.78. The predicted octanol–water partition coefficient (Wildman–Crippen LogP) is 8.12. The first-order valence-electron chi connectivity index (χ1n) is 9.82. The molecule has 0 bridgehead atoms. The summed E-state index contributed by atoms with van der Waals surface area (Å²) in [7, 11) is 0. The fourth-order valence-corrected chi connectivity index (χ4v) is 3.75. The van der Waals surface area contributed by atoms with Crippen LogP contribution in [0.4, 0.5) is 8.78 Å². The summed E-state index contributed by atoms with van der Waals surface area (Å²) in [5, 5.41) is 2.30. The average molecular weight is 392 g/mol. The van der Waals surface area contributed by atoms with Gasteiger partial charge in [0.05, 0.1) is 0 Å². The van der Waals surface area contributed by atoms with Crippen LogP contribution in [0.2, 0.25) is 0 Å². The second kappa shape index (κ2) is 7.57. The van der Waals surface area contributed by atoms with E-state index in [0.717, 1.165) is 44.2 Å². The van der Waals surface area contributed by atoms with Crippen molar-refractivity contribution in [2.24, 2.45) is 0 Å². The minimum atomic E-state index is -0.231. The molecule has 0 fully saturated rings. The van der Waals surface area contributed by atoms with Crippen molar-refractivity contribution in [3.8, 4) is 33.4 Å². The van der Waals surface area contributed by atoms with Crippen molar-refractivity contribution in [1.82, 2.24) is 0 Å². The van der Waals surface area contributed by atoms with Crippen LogP contribution in [0.15, 0.2) is 109 Å². The van der Waals surface area contributed by atoms with E-state index in [1.54, 1.807) is 24.3 Å². The van der Waals surface area contributed by atoms with Gasteiger partial charge in [0.25, 0.3) is 0 Å². The monoisotopic (exact) mass is 392 g/mol. The topological polar surface area (TPSA) is 0 Å². The van der Waals surface area contributed by atoms with E-state index >= 15 is 0 Å². The van der Waals surface area contributed by atoms with Crippen LogP contribution >= 0.6 is 0 Å². The van der Waals surface area contributed by atoms with Gasteiger partial charge < -0.3 is 0 Å². The predicted molar refractivity (Wildman–Crippen MR) is 120 cm³/mol. The van der Waals surface area contributed by atoms with Crippen LogP contribution in [0.1, 0.15) is 0 Å². The summed E-state index contributed by atoms with van der Waals surface area (Å²) in [5.41, 5.74) is 6.35. The Morgan fingerprint density at radius 2 is 0.600 bits per heavy atom. The normalized spacial score (nSPS) is 11.0. The van der Waals surface area contributed by atoms with E-state index in [-0.39, 0.29) is 11.6 Å². The summed E-state index contributed by atoms with van der Waals surface area (Å²) in [5.74, 6) is -0.461. The molecule has 0 saturated carbocycles. The molecular formula is C28H18F2. The van der Waals surface area contributed by atoms with Gasteiger partial charge in [0.1, 0.15) is 11.6 Å². The zero-order chi connectivity index (χ0) is 20.5. The molecule has 0 amide bonds. The number of fused-ring (bicyclic) bond motifs is 1. The fraction of sp³-hybridized carbons (Fsp3) is 0. The van der Waals surface area contributed by atoms with E-state index in [1.165, 1.54) is 24.3 Å². The largest absolute Gasteiger partial charge is 0.207 e. The third-order valence-electron chi connectivity index (χ3n) is 5.41. The molecule has 0 atom stereocenters. The van der Waals surface area contributed by atoms with Crippen molar-refractivity contribution in [2.75, 3.05) is 0 Å². The lowest BCUT2D eigenvalue weighted by Crippen LogP contribution is -1.83. The molecule has 0 unspecified atom stereocenters. The summed E-state index contributed by atoms with van der Waals surface area (Å²) in [6.07, 6.45) is 0. The maximum absolute atomic E-state index is 13.2. The van der Waals surface area contributed by atoms with Gasteiger partial charge in [-0.15, -0.1) is 0 Å². The van der Waals surface area contributed by atoms with Gasteiger partial charge in [0.2, 0.25) is 0 Å². The second-order valence-corrected chi connectivity index (χ2v) is 7.37. The molecule has 0 aromatic heterocycles. The molecule has 0 saturated heterocycles. The molecule has 5 rings (SSSR count). The number of hydrogen-bond donors (Lipinski definition) is 0. The number of hydrogen-bond acceptors (Lipinski definition) is 0. The van der Waals surface area contributed by atoms with Crippen LogP contribution in [-0.4, -0.2) is 0 Å². The molecule has 0 nitrogen and oxygen atoms in total. The highest BCUT2D eigenvalue weighted by Gasteiger charge is 2.05. The smallest absolute Gasteiger partial charge is 0.123 e. The van der Waals surface area contributed by atoms with Crippen molar-refractivity contribution < 1.29 is 8.78 Å².